The third-order valence-electron chi connectivity index (χ3n) is 5.04. The van der Waals surface area contributed by atoms with Crippen LogP contribution in [0.4, 0.5) is 5.69 Å². The minimum absolute atomic E-state index is 0.176. The highest BCUT2D eigenvalue weighted by Gasteiger charge is 2.30. The zero-order chi connectivity index (χ0) is 23.2. The van der Waals surface area contributed by atoms with Crippen LogP contribution in [0, 0.1) is 6.92 Å². The summed E-state index contributed by atoms with van der Waals surface area (Å²) < 4.78 is 31.2. The van der Waals surface area contributed by atoms with Crippen LogP contribution in [0.5, 0.6) is 5.75 Å². The summed E-state index contributed by atoms with van der Waals surface area (Å²) in [5.41, 5.74) is 2.15. The van der Waals surface area contributed by atoms with E-state index in [1.165, 1.54) is 19.1 Å². The van der Waals surface area contributed by atoms with Crippen LogP contribution in [-0.2, 0) is 26.2 Å². The van der Waals surface area contributed by atoms with E-state index in [4.69, 9.17) is 4.74 Å². The molecule has 31 heavy (non-hydrogen) atoms. The lowest BCUT2D eigenvalue weighted by molar-refractivity contribution is -0.139. The van der Waals surface area contributed by atoms with Gasteiger partial charge in [-0.15, -0.1) is 0 Å². The van der Waals surface area contributed by atoms with E-state index >= 15 is 0 Å². The maximum absolute atomic E-state index is 13.3. The molecule has 0 saturated heterocycles. The number of hydrogen-bond donors (Lipinski definition) is 1. The summed E-state index contributed by atoms with van der Waals surface area (Å²) >= 11 is 0. The van der Waals surface area contributed by atoms with Gasteiger partial charge in [0.1, 0.15) is 18.3 Å². The van der Waals surface area contributed by atoms with Crippen molar-refractivity contribution in [3.63, 3.8) is 0 Å². The number of benzene rings is 2. The molecule has 2 aromatic rings. The first kappa shape index (κ1) is 24.2. The third kappa shape index (κ3) is 6.21. The Labute approximate surface area is 183 Å². The van der Waals surface area contributed by atoms with Gasteiger partial charge in [-0.3, -0.25) is 13.9 Å². The Hall–Kier alpha value is -3.07. The molecule has 9 heteroatoms. The summed E-state index contributed by atoms with van der Waals surface area (Å²) in [4.78, 5) is 27.0. The topological polar surface area (TPSA) is 96.0 Å². The van der Waals surface area contributed by atoms with Crippen LogP contribution < -0.4 is 14.4 Å². The first-order valence-electron chi connectivity index (χ1n) is 9.75. The van der Waals surface area contributed by atoms with Crippen LogP contribution >= 0.6 is 0 Å². The highest BCUT2D eigenvalue weighted by atomic mass is 32.2. The molecule has 0 bridgehead atoms. The Kier molecular flexibility index (Phi) is 8.04. The molecule has 8 nitrogen and oxygen atoms in total. The van der Waals surface area contributed by atoms with Crippen molar-refractivity contribution in [2.75, 3.05) is 31.3 Å². The summed E-state index contributed by atoms with van der Waals surface area (Å²) in [6, 6.07) is 13.2. The van der Waals surface area contributed by atoms with E-state index in [0.717, 1.165) is 21.7 Å². The van der Waals surface area contributed by atoms with Crippen LogP contribution in [0.1, 0.15) is 18.1 Å². The van der Waals surface area contributed by atoms with Crippen LogP contribution in [0.15, 0.2) is 48.5 Å². The molecule has 2 aromatic carbocycles. The first-order chi connectivity index (χ1) is 14.6. The maximum atomic E-state index is 13.3. The number of aryl methyl sites for hydroxylation is 1. The number of nitrogens with zero attached hydrogens (tertiary/aromatic N) is 2. The molecule has 168 valence electrons. The van der Waals surface area contributed by atoms with Crippen molar-refractivity contribution in [3.8, 4) is 5.75 Å². The van der Waals surface area contributed by atoms with E-state index in [9.17, 15) is 18.0 Å². The van der Waals surface area contributed by atoms with Gasteiger partial charge in [0.2, 0.25) is 21.8 Å². The van der Waals surface area contributed by atoms with Crippen LogP contribution in [-0.4, -0.2) is 58.1 Å². The average Bonchev–Trinajstić information content (AvgIpc) is 2.74. The smallest absolute Gasteiger partial charge is 0.244 e. The van der Waals surface area contributed by atoms with Crippen molar-refractivity contribution >= 4 is 27.5 Å². The van der Waals surface area contributed by atoms with Crippen LogP contribution in [0.25, 0.3) is 0 Å². The normalized spacial score (nSPS) is 12.0. The largest absolute Gasteiger partial charge is 0.497 e. The lowest BCUT2D eigenvalue weighted by Crippen LogP contribution is -2.50. The second-order valence-corrected chi connectivity index (χ2v) is 9.12. The fraction of sp³-hybridized carbons (Fsp3) is 0.364. The van der Waals surface area contributed by atoms with Crippen LogP contribution in [0.2, 0.25) is 0 Å². The zero-order valence-electron chi connectivity index (χ0n) is 18.5. The van der Waals surface area contributed by atoms with Gasteiger partial charge in [0.05, 0.1) is 19.1 Å². The minimum atomic E-state index is -3.77. The SMILES string of the molecule is CNC(=O)C(C)N(Cc1ccccc1C)C(=O)CN(c1cccc(OC)c1)S(C)(=O)=O. The van der Waals surface area contributed by atoms with Gasteiger partial charge < -0.3 is 15.0 Å². The van der Waals surface area contributed by atoms with Gasteiger partial charge in [0, 0.05) is 19.7 Å². The standard InChI is InChI=1S/C22H29N3O5S/c1-16-9-6-7-10-18(16)14-24(17(2)22(27)23-3)21(26)15-25(31(5,28)29)19-11-8-12-20(13-19)30-4/h6-13,17H,14-15H2,1-5H3,(H,23,27). The number of methoxy groups -OCH3 is 1. The number of likely N-dealkylation sites (N-methyl/N-ethyl adjacent to an activating group) is 1. The number of amides is 2. The number of ether oxygens (including phenoxy) is 1. The lowest BCUT2D eigenvalue weighted by atomic mass is 10.1. The summed E-state index contributed by atoms with van der Waals surface area (Å²) in [6.07, 6.45) is 1.04. The molecule has 1 atom stereocenters. The lowest BCUT2D eigenvalue weighted by Gasteiger charge is -2.31. The van der Waals surface area contributed by atoms with E-state index in [0.29, 0.717) is 11.4 Å². The van der Waals surface area contributed by atoms with Crippen molar-refractivity contribution in [3.05, 3.63) is 59.7 Å². The summed E-state index contributed by atoms with van der Waals surface area (Å²) in [6.45, 7) is 3.27. The number of carbonyl (C=O) groups is 2. The van der Waals surface area contributed by atoms with Crippen molar-refractivity contribution in [2.45, 2.75) is 26.4 Å². The zero-order valence-corrected chi connectivity index (χ0v) is 19.3. The number of carbonyl (C=O) groups excluding carboxylic acids is 2. The molecular formula is C22H29N3O5S. The molecule has 1 unspecified atom stereocenters. The molecule has 0 aliphatic carbocycles. The fourth-order valence-corrected chi connectivity index (χ4v) is 3.98. The average molecular weight is 448 g/mol. The number of sulfonamides is 1. The summed E-state index contributed by atoms with van der Waals surface area (Å²) in [5, 5.41) is 2.55. The van der Waals surface area contributed by atoms with Crippen molar-refractivity contribution in [1.29, 1.82) is 0 Å². The van der Waals surface area contributed by atoms with Gasteiger partial charge in [-0.2, -0.15) is 0 Å². The molecule has 0 radical (unpaired) electrons. The molecule has 2 amide bonds. The molecule has 0 aromatic heterocycles. The third-order valence-corrected chi connectivity index (χ3v) is 6.18. The van der Waals surface area contributed by atoms with E-state index in [1.807, 2.05) is 31.2 Å². The molecule has 0 spiro atoms. The van der Waals surface area contributed by atoms with Crippen molar-refractivity contribution < 1.29 is 22.7 Å². The first-order valence-corrected chi connectivity index (χ1v) is 11.6. The summed E-state index contributed by atoms with van der Waals surface area (Å²) in [7, 11) is -0.804. The molecule has 0 fully saturated rings. The number of nitrogens with one attached hydrogen (secondary N) is 1. The molecule has 1 N–H and O–H groups in total. The van der Waals surface area contributed by atoms with Gasteiger partial charge in [0.25, 0.3) is 0 Å². The Morgan fingerprint density at radius 1 is 1.13 bits per heavy atom. The highest BCUT2D eigenvalue weighted by Crippen LogP contribution is 2.24. The Balaban J connectivity index is 2.41. The second kappa shape index (κ2) is 10.3. The number of anilines is 1. The van der Waals surface area contributed by atoms with Gasteiger partial charge in [-0.05, 0) is 37.1 Å². The molecular weight excluding hydrogens is 418 g/mol. The van der Waals surface area contributed by atoms with Crippen molar-refractivity contribution in [1.82, 2.24) is 10.2 Å². The Morgan fingerprint density at radius 2 is 1.81 bits per heavy atom. The maximum Gasteiger partial charge on any atom is 0.244 e. The predicted octanol–water partition coefficient (Wildman–Crippen LogP) is 1.93. The van der Waals surface area contributed by atoms with Crippen molar-refractivity contribution in [2.24, 2.45) is 0 Å². The Morgan fingerprint density at radius 3 is 2.39 bits per heavy atom. The van der Waals surface area contributed by atoms with E-state index in [2.05, 4.69) is 5.32 Å². The van der Waals surface area contributed by atoms with Gasteiger partial charge in [-0.25, -0.2) is 8.42 Å². The second-order valence-electron chi connectivity index (χ2n) is 7.21. The van der Waals surface area contributed by atoms with E-state index in [-0.39, 0.29) is 12.5 Å². The molecule has 0 aliphatic rings. The molecule has 0 saturated carbocycles. The van der Waals surface area contributed by atoms with Crippen LogP contribution in [0.3, 0.4) is 0 Å². The molecule has 2 rings (SSSR count). The monoisotopic (exact) mass is 447 g/mol. The molecule has 0 aliphatic heterocycles. The molecule has 0 heterocycles. The highest BCUT2D eigenvalue weighted by molar-refractivity contribution is 7.92. The van der Waals surface area contributed by atoms with E-state index in [1.54, 1.807) is 31.2 Å². The van der Waals surface area contributed by atoms with Gasteiger partial charge in [-0.1, -0.05) is 30.3 Å². The summed E-state index contributed by atoms with van der Waals surface area (Å²) in [5.74, 6) is -0.365. The quantitative estimate of drug-likeness (QED) is 0.634. The van der Waals surface area contributed by atoms with E-state index < -0.39 is 28.5 Å². The predicted molar refractivity (Wildman–Crippen MR) is 120 cm³/mol. The Bertz CT molecular complexity index is 1040. The van der Waals surface area contributed by atoms with Gasteiger partial charge >= 0.3 is 0 Å². The fourth-order valence-electron chi connectivity index (χ4n) is 3.14. The number of hydrogen-bond acceptors (Lipinski definition) is 5. The minimum Gasteiger partial charge on any atom is -0.497 e. The van der Waals surface area contributed by atoms with Gasteiger partial charge in [0.15, 0.2) is 0 Å². The number of rotatable bonds is 9.